The lowest BCUT2D eigenvalue weighted by molar-refractivity contribution is -0.693. The van der Waals surface area contributed by atoms with Crippen molar-refractivity contribution in [3.63, 3.8) is 0 Å². The van der Waals surface area contributed by atoms with Gasteiger partial charge in [-0.1, -0.05) is 0 Å². The Hall–Kier alpha value is -1.91. The Bertz CT molecular complexity index is 665. The average Bonchev–Trinajstić information content (AvgIpc) is 2.63. The van der Waals surface area contributed by atoms with Crippen molar-refractivity contribution in [1.29, 1.82) is 0 Å². The number of esters is 1. The van der Waals surface area contributed by atoms with Crippen LogP contribution in [0.5, 0.6) is 0 Å². The molecule has 1 N–H and O–H groups in total. The van der Waals surface area contributed by atoms with Gasteiger partial charge in [-0.2, -0.15) is 0 Å². The average molecular weight is 357 g/mol. The molecule has 0 aromatic carbocycles. The fourth-order valence-electron chi connectivity index (χ4n) is 5.78. The molecular weight excluding hydrogens is 328 g/mol. The number of aryl methyl sites for hydroxylation is 1. The number of ether oxygens (including phenoxy) is 1. The van der Waals surface area contributed by atoms with Crippen LogP contribution in [0.15, 0.2) is 24.5 Å². The van der Waals surface area contributed by atoms with Crippen molar-refractivity contribution >= 4 is 11.9 Å². The molecule has 0 spiro atoms. The van der Waals surface area contributed by atoms with Gasteiger partial charge in [0.25, 0.3) is 5.91 Å². The number of pyridine rings is 1. The van der Waals surface area contributed by atoms with Crippen molar-refractivity contribution < 1.29 is 18.9 Å². The smallest absolute Gasteiger partial charge is 0.312 e. The van der Waals surface area contributed by atoms with Gasteiger partial charge in [-0.15, -0.1) is 0 Å². The maximum absolute atomic E-state index is 12.8. The van der Waals surface area contributed by atoms with Crippen LogP contribution in [-0.2, 0) is 16.1 Å². The molecule has 5 rings (SSSR count). The van der Waals surface area contributed by atoms with E-state index in [0.717, 1.165) is 43.6 Å². The van der Waals surface area contributed by atoms with Crippen molar-refractivity contribution in [1.82, 2.24) is 5.32 Å². The lowest BCUT2D eigenvalue weighted by atomic mass is 9.49. The predicted octanol–water partition coefficient (Wildman–Crippen LogP) is 2.48. The summed E-state index contributed by atoms with van der Waals surface area (Å²) in [6.07, 6.45) is 10.8. The van der Waals surface area contributed by atoms with Crippen molar-refractivity contribution in [3.05, 3.63) is 30.1 Å². The first-order valence-electron chi connectivity index (χ1n) is 10.0. The number of hydrogen-bond acceptors (Lipinski definition) is 3. The molecule has 4 fully saturated rings. The number of hydrogen-bond donors (Lipinski definition) is 1. The maximum Gasteiger partial charge on any atom is 0.312 e. The fourth-order valence-corrected chi connectivity index (χ4v) is 5.78. The minimum absolute atomic E-state index is 0.0191. The Kier molecular flexibility index (Phi) is 4.72. The van der Waals surface area contributed by atoms with E-state index in [0.29, 0.717) is 12.1 Å². The van der Waals surface area contributed by atoms with Crippen LogP contribution in [0.2, 0.25) is 0 Å². The first-order valence-corrected chi connectivity index (χ1v) is 10.0. The molecule has 0 unspecified atom stereocenters. The molecule has 4 aliphatic rings. The van der Waals surface area contributed by atoms with E-state index in [2.05, 4.69) is 5.32 Å². The first-order chi connectivity index (χ1) is 12.6. The second-order valence-electron chi connectivity index (χ2n) is 8.51. The summed E-state index contributed by atoms with van der Waals surface area (Å²) in [6, 6.07) is 3.66. The van der Waals surface area contributed by atoms with Gasteiger partial charge in [-0.05, 0) is 69.3 Å². The largest absolute Gasteiger partial charge is 0.463 e. The minimum atomic E-state index is -0.217. The lowest BCUT2D eigenvalue weighted by Crippen LogP contribution is -2.50. The molecule has 1 heterocycles. The van der Waals surface area contributed by atoms with Crippen molar-refractivity contribution in [2.24, 2.45) is 23.2 Å². The fraction of sp³-hybridized carbons (Fsp3) is 0.667. The standard InChI is InChI=1S/C21H28N2O3/c1-2-23-6-3-4-18(14-23)19(24)22-5-7-26-20(25)21-11-15-8-16(12-21)10-17(9-15)13-21/h3-4,6,14-17H,2,5,7-13H2,1H3/p+1. The zero-order valence-electron chi connectivity index (χ0n) is 15.6. The number of rotatable bonds is 6. The third-order valence-electron chi connectivity index (χ3n) is 6.58. The Morgan fingerprint density at radius 3 is 2.46 bits per heavy atom. The van der Waals surface area contributed by atoms with Crippen molar-refractivity contribution in [3.8, 4) is 0 Å². The summed E-state index contributed by atoms with van der Waals surface area (Å²) >= 11 is 0. The second kappa shape index (κ2) is 7.01. The zero-order valence-corrected chi connectivity index (χ0v) is 15.6. The molecule has 0 radical (unpaired) electrons. The number of nitrogens with one attached hydrogen (secondary N) is 1. The van der Waals surface area contributed by atoms with Gasteiger partial charge in [-0.25, -0.2) is 4.57 Å². The summed E-state index contributed by atoms with van der Waals surface area (Å²) in [4.78, 5) is 25.0. The molecule has 0 aliphatic heterocycles. The van der Waals surface area contributed by atoms with Crippen LogP contribution in [0, 0.1) is 23.2 Å². The molecule has 1 aromatic rings. The normalized spacial score (nSPS) is 31.7. The highest BCUT2D eigenvalue weighted by atomic mass is 16.5. The van der Waals surface area contributed by atoms with Crippen LogP contribution in [0.3, 0.4) is 0 Å². The van der Waals surface area contributed by atoms with E-state index in [-0.39, 0.29) is 23.9 Å². The van der Waals surface area contributed by atoms with Gasteiger partial charge in [0.1, 0.15) is 18.7 Å². The highest BCUT2D eigenvalue weighted by Gasteiger charge is 2.55. The van der Waals surface area contributed by atoms with E-state index in [1.165, 1.54) is 19.3 Å². The molecule has 26 heavy (non-hydrogen) atoms. The predicted molar refractivity (Wildman–Crippen MR) is 96.2 cm³/mol. The van der Waals surface area contributed by atoms with Crippen LogP contribution in [0.1, 0.15) is 55.8 Å². The van der Waals surface area contributed by atoms with Gasteiger partial charge < -0.3 is 10.1 Å². The Labute approximate surface area is 155 Å². The number of nitrogens with zero attached hydrogens (tertiary/aromatic N) is 1. The maximum atomic E-state index is 12.8. The summed E-state index contributed by atoms with van der Waals surface area (Å²) in [5, 5.41) is 2.85. The number of aromatic nitrogens is 1. The molecule has 0 saturated heterocycles. The van der Waals surface area contributed by atoms with Crippen LogP contribution >= 0.6 is 0 Å². The Balaban J connectivity index is 1.26. The van der Waals surface area contributed by atoms with E-state index in [1.807, 2.05) is 30.0 Å². The summed E-state index contributed by atoms with van der Waals surface area (Å²) in [7, 11) is 0. The minimum Gasteiger partial charge on any atom is -0.463 e. The van der Waals surface area contributed by atoms with Crippen LogP contribution in [0.4, 0.5) is 0 Å². The number of amides is 1. The highest BCUT2D eigenvalue weighted by molar-refractivity contribution is 5.93. The molecule has 5 nitrogen and oxygen atoms in total. The van der Waals surface area contributed by atoms with E-state index < -0.39 is 0 Å². The third kappa shape index (κ3) is 3.36. The van der Waals surface area contributed by atoms with E-state index >= 15 is 0 Å². The monoisotopic (exact) mass is 357 g/mol. The van der Waals surface area contributed by atoms with Gasteiger partial charge in [0, 0.05) is 6.07 Å². The summed E-state index contributed by atoms with van der Waals surface area (Å²) in [6.45, 7) is 3.47. The zero-order chi connectivity index (χ0) is 18.1. The van der Waals surface area contributed by atoms with Crippen molar-refractivity contribution in [2.45, 2.75) is 52.0 Å². The SMILES string of the molecule is CC[n+]1cccc(C(=O)NCCOC(=O)C23CC4CC(CC(C4)C2)C3)c1. The molecule has 4 bridgehead atoms. The van der Waals surface area contributed by atoms with E-state index in [1.54, 1.807) is 6.07 Å². The highest BCUT2D eigenvalue weighted by Crippen LogP contribution is 2.60. The molecule has 140 valence electrons. The van der Waals surface area contributed by atoms with Crippen molar-refractivity contribution in [2.75, 3.05) is 13.2 Å². The molecule has 1 aromatic heterocycles. The first kappa shape index (κ1) is 17.5. The molecule has 4 saturated carbocycles. The van der Waals surface area contributed by atoms with E-state index in [4.69, 9.17) is 4.74 Å². The Morgan fingerprint density at radius 2 is 1.85 bits per heavy atom. The number of carbonyl (C=O) groups is 2. The Morgan fingerprint density at radius 1 is 1.19 bits per heavy atom. The topological polar surface area (TPSA) is 59.3 Å². The quantitative estimate of drug-likeness (QED) is 0.483. The molecule has 1 amide bonds. The van der Waals surface area contributed by atoms with E-state index in [9.17, 15) is 9.59 Å². The molecular formula is C21H29N2O3+. The molecule has 4 aliphatic carbocycles. The lowest BCUT2D eigenvalue weighted by Gasteiger charge is -2.55. The second-order valence-corrected chi connectivity index (χ2v) is 8.51. The van der Waals surface area contributed by atoms with Gasteiger partial charge in [0.05, 0.1) is 12.0 Å². The van der Waals surface area contributed by atoms with Gasteiger partial charge in [-0.3, -0.25) is 9.59 Å². The van der Waals surface area contributed by atoms with Gasteiger partial charge in [0.2, 0.25) is 0 Å². The summed E-state index contributed by atoms with van der Waals surface area (Å²) < 4.78 is 7.56. The van der Waals surface area contributed by atoms with Crippen LogP contribution in [0.25, 0.3) is 0 Å². The van der Waals surface area contributed by atoms with Crippen LogP contribution in [-0.4, -0.2) is 25.0 Å². The summed E-state index contributed by atoms with van der Waals surface area (Å²) in [5.74, 6) is 2.05. The molecule has 5 heteroatoms. The number of carbonyl (C=O) groups excluding carboxylic acids is 2. The summed E-state index contributed by atoms with van der Waals surface area (Å²) in [5.41, 5.74) is 0.409. The van der Waals surface area contributed by atoms with Gasteiger partial charge in [0.15, 0.2) is 12.4 Å². The van der Waals surface area contributed by atoms with Gasteiger partial charge >= 0.3 is 5.97 Å². The third-order valence-corrected chi connectivity index (χ3v) is 6.58. The van der Waals surface area contributed by atoms with Crippen LogP contribution < -0.4 is 9.88 Å². The molecule has 0 atom stereocenters.